The Labute approximate surface area is 165 Å². The van der Waals surface area contributed by atoms with Gasteiger partial charge in [-0.1, -0.05) is 42.4 Å². The van der Waals surface area contributed by atoms with Crippen LogP contribution in [-0.2, 0) is 11.3 Å². The van der Waals surface area contributed by atoms with E-state index in [1.54, 1.807) is 0 Å². The number of nitrogens with zero attached hydrogens (tertiary/aromatic N) is 3. The van der Waals surface area contributed by atoms with Crippen molar-refractivity contribution in [3.05, 3.63) is 35.9 Å². The van der Waals surface area contributed by atoms with Gasteiger partial charge >= 0.3 is 0 Å². The summed E-state index contributed by atoms with van der Waals surface area (Å²) >= 11 is 1.97. The minimum Gasteiger partial charge on any atom is -0.339 e. The highest BCUT2D eigenvalue weighted by Gasteiger charge is 2.34. The molecule has 1 saturated heterocycles. The van der Waals surface area contributed by atoms with Gasteiger partial charge in [-0.15, -0.1) is 0 Å². The van der Waals surface area contributed by atoms with Crippen LogP contribution in [0.25, 0.3) is 11.3 Å². The average Bonchev–Trinajstić information content (AvgIpc) is 3.49. The average molecular weight is 386 g/mol. The Hall–Kier alpha value is -1.95. The van der Waals surface area contributed by atoms with Crippen LogP contribution in [-0.4, -0.2) is 47.1 Å². The summed E-state index contributed by atoms with van der Waals surface area (Å²) in [5.41, 5.74) is 2.97. The Morgan fingerprint density at radius 3 is 2.67 bits per heavy atom. The molecule has 1 aliphatic carbocycles. The zero-order valence-electron chi connectivity index (χ0n) is 15.9. The minimum atomic E-state index is 0.228. The van der Waals surface area contributed by atoms with Gasteiger partial charge in [-0.3, -0.25) is 4.79 Å². The molecule has 2 heterocycles. The standard InChI is InChI=1S/C21H27N3O2S/c1-2-10-24(20(25)17-8-9-17)15-18-19(16-6-4-3-5-7-16)22-26-21(18)23-11-13-27-14-12-23/h3-7,17H,2,8-15H2,1H3. The van der Waals surface area contributed by atoms with Crippen LogP contribution >= 0.6 is 11.8 Å². The largest absolute Gasteiger partial charge is 0.339 e. The van der Waals surface area contributed by atoms with Crippen LogP contribution < -0.4 is 4.90 Å². The van der Waals surface area contributed by atoms with Crippen molar-refractivity contribution in [1.82, 2.24) is 10.1 Å². The molecule has 6 heteroatoms. The van der Waals surface area contributed by atoms with Crippen LogP contribution in [0.4, 0.5) is 5.88 Å². The van der Waals surface area contributed by atoms with Crippen molar-refractivity contribution in [1.29, 1.82) is 0 Å². The zero-order valence-corrected chi connectivity index (χ0v) is 16.7. The first-order valence-corrected chi connectivity index (χ1v) is 11.1. The second kappa shape index (κ2) is 8.38. The first-order valence-electron chi connectivity index (χ1n) is 9.93. The van der Waals surface area contributed by atoms with E-state index in [-0.39, 0.29) is 11.8 Å². The summed E-state index contributed by atoms with van der Waals surface area (Å²) in [6.45, 7) is 5.42. The molecule has 4 rings (SSSR count). The number of benzene rings is 1. The summed E-state index contributed by atoms with van der Waals surface area (Å²) in [6.07, 6.45) is 3.02. The van der Waals surface area contributed by atoms with Gasteiger partial charge in [0.1, 0.15) is 5.69 Å². The van der Waals surface area contributed by atoms with E-state index < -0.39 is 0 Å². The molecule has 0 bridgehead atoms. The first kappa shape index (κ1) is 18.4. The van der Waals surface area contributed by atoms with E-state index in [1.165, 1.54) is 0 Å². The third-order valence-electron chi connectivity index (χ3n) is 5.19. The summed E-state index contributed by atoms with van der Waals surface area (Å²) in [6, 6.07) is 10.2. The molecule has 2 aliphatic rings. The number of anilines is 1. The molecule has 2 fully saturated rings. The van der Waals surface area contributed by atoms with Crippen molar-refractivity contribution in [3.8, 4) is 11.3 Å². The molecular formula is C21H27N3O2S. The Kier molecular flexibility index (Phi) is 5.72. The highest BCUT2D eigenvalue weighted by Crippen LogP contribution is 2.36. The zero-order chi connectivity index (χ0) is 18.6. The Balaban J connectivity index is 1.68. The van der Waals surface area contributed by atoms with Crippen LogP contribution in [0.2, 0.25) is 0 Å². The lowest BCUT2D eigenvalue weighted by Gasteiger charge is -2.28. The molecule has 0 atom stereocenters. The highest BCUT2D eigenvalue weighted by atomic mass is 32.2. The number of hydrogen-bond acceptors (Lipinski definition) is 5. The summed E-state index contributed by atoms with van der Waals surface area (Å²) in [7, 11) is 0. The van der Waals surface area contributed by atoms with E-state index in [0.29, 0.717) is 6.54 Å². The molecule has 27 heavy (non-hydrogen) atoms. The second-order valence-corrected chi connectivity index (χ2v) is 8.54. The van der Waals surface area contributed by atoms with Crippen molar-refractivity contribution >= 4 is 23.6 Å². The Bertz CT molecular complexity index is 767. The van der Waals surface area contributed by atoms with Gasteiger partial charge in [-0.2, -0.15) is 11.8 Å². The maximum atomic E-state index is 12.8. The van der Waals surface area contributed by atoms with Gasteiger partial charge in [0.25, 0.3) is 0 Å². The Morgan fingerprint density at radius 2 is 2.00 bits per heavy atom. The fraction of sp³-hybridized carbons (Fsp3) is 0.524. The van der Waals surface area contributed by atoms with Crippen molar-refractivity contribution in [3.63, 3.8) is 0 Å². The van der Waals surface area contributed by atoms with Crippen molar-refractivity contribution in [2.45, 2.75) is 32.7 Å². The summed E-state index contributed by atoms with van der Waals surface area (Å²) in [4.78, 5) is 17.1. The molecule has 1 aliphatic heterocycles. The van der Waals surface area contributed by atoms with Crippen LogP contribution in [0.15, 0.2) is 34.9 Å². The third kappa shape index (κ3) is 4.15. The lowest BCUT2D eigenvalue weighted by atomic mass is 10.1. The molecular weight excluding hydrogens is 358 g/mol. The number of aromatic nitrogens is 1. The van der Waals surface area contributed by atoms with Gasteiger partial charge in [0.05, 0.1) is 12.1 Å². The third-order valence-corrected chi connectivity index (χ3v) is 6.14. The second-order valence-electron chi connectivity index (χ2n) is 7.31. The molecule has 1 amide bonds. The van der Waals surface area contributed by atoms with Gasteiger partial charge < -0.3 is 14.3 Å². The number of carbonyl (C=O) groups is 1. The fourth-order valence-corrected chi connectivity index (χ4v) is 4.50. The van der Waals surface area contributed by atoms with Crippen molar-refractivity contribution < 1.29 is 9.32 Å². The van der Waals surface area contributed by atoms with Gasteiger partial charge in [-0.25, -0.2) is 0 Å². The van der Waals surface area contributed by atoms with Crippen LogP contribution in [0, 0.1) is 5.92 Å². The molecule has 1 aromatic heterocycles. The molecule has 1 aromatic carbocycles. The summed E-state index contributed by atoms with van der Waals surface area (Å²) in [5, 5.41) is 4.43. The van der Waals surface area contributed by atoms with Crippen LogP contribution in [0.1, 0.15) is 31.7 Å². The summed E-state index contributed by atoms with van der Waals surface area (Å²) < 4.78 is 5.85. The van der Waals surface area contributed by atoms with Gasteiger partial charge in [0.15, 0.2) is 0 Å². The van der Waals surface area contributed by atoms with E-state index in [1.807, 2.05) is 34.9 Å². The Morgan fingerprint density at radius 1 is 1.26 bits per heavy atom. The van der Waals surface area contributed by atoms with Gasteiger partial charge in [0, 0.05) is 42.6 Å². The molecule has 0 unspecified atom stereocenters. The van der Waals surface area contributed by atoms with E-state index >= 15 is 0 Å². The quantitative estimate of drug-likeness (QED) is 0.720. The minimum absolute atomic E-state index is 0.228. The predicted octanol–water partition coefficient (Wildman–Crippen LogP) is 4.04. The number of amides is 1. The number of thioether (sulfide) groups is 1. The maximum Gasteiger partial charge on any atom is 0.232 e. The molecule has 0 N–H and O–H groups in total. The molecule has 2 aromatic rings. The van der Waals surface area contributed by atoms with Crippen molar-refractivity contribution in [2.75, 3.05) is 36.0 Å². The molecule has 5 nitrogen and oxygen atoms in total. The van der Waals surface area contributed by atoms with E-state index in [4.69, 9.17) is 4.52 Å². The SMILES string of the molecule is CCCN(Cc1c(-c2ccccc2)noc1N1CCSCC1)C(=O)C1CC1. The highest BCUT2D eigenvalue weighted by molar-refractivity contribution is 7.99. The lowest BCUT2D eigenvalue weighted by Crippen LogP contribution is -2.35. The summed E-state index contributed by atoms with van der Waals surface area (Å²) in [5.74, 6) is 3.56. The predicted molar refractivity (Wildman–Crippen MR) is 110 cm³/mol. The first-order chi connectivity index (χ1) is 13.3. The monoisotopic (exact) mass is 385 g/mol. The lowest BCUT2D eigenvalue weighted by molar-refractivity contribution is -0.133. The number of carbonyl (C=O) groups excluding carboxylic acids is 1. The topological polar surface area (TPSA) is 49.6 Å². The van der Waals surface area contributed by atoms with E-state index in [0.717, 1.165) is 73.1 Å². The molecule has 144 valence electrons. The van der Waals surface area contributed by atoms with E-state index in [2.05, 4.69) is 29.1 Å². The van der Waals surface area contributed by atoms with Gasteiger partial charge in [-0.05, 0) is 19.3 Å². The molecule has 0 spiro atoms. The number of rotatable bonds is 7. The van der Waals surface area contributed by atoms with Crippen LogP contribution in [0.5, 0.6) is 0 Å². The molecule has 1 saturated carbocycles. The maximum absolute atomic E-state index is 12.8. The van der Waals surface area contributed by atoms with E-state index in [9.17, 15) is 4.79 Å². The van der Waals surface area contributed by atoms with Gasteiger partial charge in [0.2, 0.25) is 11.8 Å². The normalized spacial score (nSPS) is 17.1. The molecule has 0 radical (unpaired) electrons. The fourth-order valence-electron chi connectivity index (χ4n) is 3.60. The number of hydrogen-bond donors (Lipinski definition) is 0. The van der Waals surface area contributed by atoms with Crippen LogP contribution in [0.3, 0.4) is 0 Å². The van der Waals surface area contributed by atoms with Crippen molar-refractivity contribution in [2.24, 2.45) is 5.92 Å². The smallest absolute Gasteiger partial charge is 0.232 e.